The number of hydrogen-bond donors (Lipinski definition) is 3. The van der Waals surface area contributed by atoms with Gasteiger partial charge in [-0.2, -0.15) is 0 Å². The van der Waals surface area contributed by atoms with Crippen molar-refractivity contribution in [1.82, 2.24) is 0 Å². The highest BCUT2D eigenvalue weighted by Crippen LogP contribution is 2.29. The summed E-state index contributed by atoms with van der Waals surface area (Å²) in [6, 6.07) is 9.28. The molecule has 0 aliphatic carbocycles. The molecule has 0 amide bonds. The molecule has 0 spiro atoms. The van der Waals surface area contributed by atoms with Gasteiger partial charge in [0.15, 0.2) is 0 Å². The fraction of sp³-hybridized carbons (Fsp3) is 0.294. The molecule has 118 valence electrons. The summed E-state index contributed by atoms with van der Waals surface area (Å²) in [5.41, 5.74) is 8.27. The van der Waals surface area contributed by atoms with E-state index in [4.69, 9.17) is 5.73 Å². The standard InChI is InChI=1S/C17H21F2N3/c1-17(2,13-6-4-11(18)8-14(13)19)10-22-16-7-5-12(21-3)9-15(16)20/h4-9,21-22H,10,20H2,1-3H3. The Morgan fingerprint density at radius 3 is 2.41 bits per heavy atom. The van der Waals surface area contributed by atoms with E-state index < -0.39 is 17.0 Å². The number of anilines is 3. The fourth-order valence-corrected chi connectivity index (χ4v) is 2.33. The summed E-state index contributed by atoms with van der Waals surface area (Å²) in [6.45, 7) is 4.27. The third kappa shape index (κ3) is 3.47. The molecular formula is C17H21F2N3. The molecule has 2 rings (SSSR count). The van der Waals surface area contributed by atoms with Crippen molar-refractivity contribution in [1.29, 1.82) is 0 Å². The first kappa shape index (κ1) is 16.1. The van der Waals surface area contributed by atoms with Crippen LogP contribution in [0.3, 0.4) is 0 Å². The van der Waals surface area contributed by atoms with Crippen molar-refractivity contribution >= 4 is 17.1 Å². The summed E-state index contributed by atoms with van der Waals surface area (Å²) in [7, 11) is 1.82. The summed E-state index contributed by atoms with van der Waals surface area (Å²) >= 11 is 0. The van der Waals surface area contributed by atoms with Crippen LogP contribution >= 0.6 is 0 Å². The van der Waals surface area contributed by atoms with Crippen molar-refractivity contribution in [3.8, 4) is 0 Å². The van der Waals surface area contributed by atoms with Crippen LogP contribution < -0.4 is 16.4 Å². The summed E-state index contributed by atoms with van der Waals surface area (Å²) < 4.78 is 27.0. The smallest absolute Gasteiger partial charge is 0.129 e. The molecule has 0 aliphatic heterocycles. The fourth-order valence-electron chi connectivity index (χ4n) is 2.33. The van der Waals surface area contributed by atoms with Gasteiger partial charge in [0.05, 0.1) is 11.4 Å². The van der Waals surface area contributed by atoms with Crippen molar-refractivity contribution < 1.29 is 8.78 Å². The lowest BCUT2D eigenvalue weighted by atomic mass is 9.84. The first-order valence-electron chi connectivity index (χ1n) is 7.10. The topological polar surface area (TPSA) is 50.1 Å². The van der Waals surface area contributed by atoms with Crippen LogP contribution in [0.2, 0.25) is 0 Å². The molecule has 5 heteroatoms. The maximum atomic E-state index is 13.9. The van der Waals surface area contributed by atoms with E-state index in [0.717, 1.165) is 17.4 Å². The van der Waals surface area contributed by atoms with E-state index in [1.807, 2.05) is 39.1 Å². The van der Waals surface area contributed by atoms with E-state index in [0.29, 0.717) is 17.8 Å². The van der Waals surface area contributed by atoms with Gasteiger partial charge in [0.1, 0.15) is 11.6 Å². The molecule has 0 aliphatic rings. The highest BCUT2D eigenvalue weighted by molar-refractivity contribution is 5.71. The number of halogens is 2. The number of benzene rings is 2. The molecule has 0 saturated heterocycles. The van der Waals surface area contributed by atoms with Crippen LogP contribution in [0.25, 0.3) is 0 Å². The van der Waals surface area contributed by atoms with E-state index in [-0.39, 0.29) is 0 Å². The number of hydrogen-bond acceptors (Lipinski definition) is 3. The molecule has 0 aromatic heterocycles. The lowest BCUT2D eigenvalue weighted by Gasteiger charge is -2.27. The minimum atomic E-state index is -0.572. The van der Waals surface area contributed by atoms with Crippen LogP contribution in [-0.2, 0) is 5.41 Å². The average Bonchev–Trinajstić information content (AvgIpc) is 2.45. The molecule has 0 atom stereocenters. The van der Waals surface area contributed by atoms with E-state index in [2.05, 4.69) is 10.6 Å². The molecule has 0 heterocycles. The predicted octanol–water partition coefficient (Wildman–Crippen LogP) is 3.98. The highest BCUT2D eigenvalue weighted by Gasteiger charge is 2.24. The Morgan fingerprint density at radius 2 is 1.82 bits per heavy atom. The third-order valence-electron chi connectivity index (χ3n) is 3.72. The Bertz CT molecular complexity index is 669. The van der Waals surface area contributed by atoms with Crippen LogP contribution in [0, 0.1) is 11.6 Å². The second-order valence-corrected chi connectivity index (χ2v) is 5.91. The summed E-state index contributed by atoms with van der Waals surface area (Å²) in [6.07, 6.45) is 0. The van der Waals surface area contributed by atoms with Gasteiger partial charge in [-0.3, -0.25) is 0 Å². The molecule has 2 aromatic rings. The SMILES string of the molecule is CNc1ccc(NCC(C)(C)c2ccc(F)cc2F)c(N)c1. The van der Waals surface area contributed by atoms with Gasteiger partial charge in [0.2, 0.25) is 0 Å². The Balaban J connectivity index is 2.15. The Hall–Kier alpha value is -2.30. The third-order valence-corrected chi connectivity index (χ3v) is 3.72. The minimum absolute atomic E-state index is 0.465. The Labute approximate surface area is 129 Å². The van der Waals surface area contributed by atoms with Gasteiger partial charge in [0, 0.05) is 30.8 Å². The second kappa shape index (κ2) is 6.22. The van der Waals surface area contributed by atoms with Crippen LogP contribution in [0.5, 0.6) is 0 Å². The van der Waals surface area contributed by atoms with Gasteiger partial charge in [-0.15, -0.1) is 0 Å². The van der Waals surface area contributed by atoms with E-state index in [1.54, 1.807) is 0 Å². The Morgan fingerprint density at radius 1 is 1.09 bits per heavy atom. The summed E-state index contributed by atoms with van der Waals surface area (Å²) in [5, 5.41) is 6.24. The lowest BCUT2D eigenvalue weighted by Crippen LogP contribution is -2.29. The number of nitrogens with one attached hydrogen (secondary N) is 2. The molecule has 2 aromatic carbocycles. The zero-order valence-corrected chi connectivity index (χ0v) is 13.0. The molecular weight excluding hydrogens is 284 g/mol. The van der Waals surface area contributed by atoms with Crippen LogP contribution in [0.15, 0.2) is 36.4 Å². The van der Waals surface area contributed by atoms with E-state index in [9.17, 15) is 8.78 Å². The predicted molar refractivity (Wildman–Crippen MR) is 88.3 cm³/mol. The Kier molecular flexibility index (Phi) is 4.54. The van der Waals surface area contributed by atoms with Crippen molar-refractivity contribution in [3.05, 3.63) is 53.6 Å². The van der Waals surface area contributed by atoms with Crippen molar-refractivity contribution in [3.63, 3.8) is 0 Å². The average molecular weight is 305 g/mol. The van der Waals surface area contributed by atoms with Crippen molar-refractivity contribution in [2.45, 2.75) is 19.3 Å². The molecule has 0 unspecified atom stereocenters. The maximum Gasteiger partial charge on any atom is 0.129 e. The van der Waals surface area contributed by atoms with E-state index in [1.165, 1.54) is 12.1 Å². The van der Waals surface area contributed by atoms with Gasteiger partial charge in [-0.05, 0) is 29.8 Å². The zero-order valence-electron chi connectivity index (χ0n) is 13.0. The van der Waals surface area contributed by atoms with Crippen LogP contribution in [0.1, 0.15) is 19.4 Å². The lowest BCUT2D eigenvalue weighted by molar-refractivity contribution is 0.496. The molecule has 4 N–H and O–H groups in total. The first-order chi connectivity index (χ1) is 10.3. The number of nitrogen functional groups attached to an aromatic ring is 1. The molecule has 0 fully saturated rings. The van der Waals surface area contributed by atoms with Crippen molar-refractivity contribution in [2.24, 2.45) is 0 Å². The van der Waals surface area contributed by atoms with Gasteiger partial charge >= 0.3 is 0 Å². The van der Waals surface area contributed by atoms with Crippen molar-refractivity contribution in [2.75, 3.05) is 30.0 Å². The monoisotopic (exact) mass is 305 g/mol. The maximum absolute atomic E-state index is 13.9. The van der Waals surface area contributed by atoms with Gasteiger partial charge in [-0.1, -0.05) is 19.9 Å². The largest absolute Gasteiger partial charge is 0.397 e. The molecule has 0 saturated carbocycles. The van der Waals surface area contributed by atoms with Crippen LogP contribution in [0.4, 0.5) is 25.8 Å². The first-order valence-corrected chi connectivity index (χ1v) is 7.10. The number of rotatable bonds is 5. The van der Waals surface area contributed by atoms with Gasteiger partial charge in [-0.25, -0.2) is 8.78 Å². The molecule has 22 heavy (non-hydrogen) atoms. The summed E-state index contributed by atoms with van der Waals surface area (Å²) in [4.78, 5) is 0. The number of nitrogens with two attached hydrogens (primary N) is 1. The quantitative estimate of drug-likeness (QED) is 0.732. The second-order valence-electron chi connectivity index (χ2n) is 5.91. The minimum Gasteiger partial charge on any atom is -0.397 e. The normalized spacial score (nSPS) is 11.3. The highest BCUT2D eigenvalue weighted by atomic mass is 19.1. The van der Waals surface area contributed by atoms with Crippen LogP contribution in [-0.4, -0.2) is 13.6 Å². The van der Waals surface area contributed by atoms with Gasteiger partial charge in [0.25, 0.3) is 0 Å². The molecule has 0 bridgehead atoms. The molecule has 3 nitrogen and oxygen atoms in total. The zero-order chi connectivity index (χ0) is 16.3. The van der Waals surface area contributed by atoms with Gasteiger partial charge < -0.3 is 16.4 Å². The summed E-state index contributed by atoms with van der Waals surface area (Å²) in [5.74, 6) is -1.11. The van der Waals surface area contributed by atoms with E-state index >= 15 is 0 Å². The molecule has 0 radical (unpaired) electrons.